The summed E-state index contributed by atoms with van der Waals surface area (Å²) in [5.74, 6) is -0.338. The van der Waals surface area contributed by atoms with Gasteiger partial charge in [-0.05, 0) is 56.3 Å². The summed E-state index contributed by atoms with van der Waals surface area (Å²) >= 11 is 4.00. The van der Waals surface area contributed by atoms with Crippen molar-refractivity contribution in [1.29, 1.82) is 0 Å². The smallest absolute Gasteiger partial charge is 0.353 e. The minimum Gasteiger partial charge on any atom is -0.458 e. The predicted molar refractivity (Wildman–Crippen MR) is 282 cm³/mol. The molecule has 78 heavy (non-hydrogen) atoms. The first kappa shape index (κ1) is 59.5. The van der Waals surface area contributed by atoms with Gasteiger partial charge in [0.2, 0.25) is 5.91 Å². The maximum Gasteiger partial charge on any atom is 0.353 e. The van der Waals surface area contributed by atoms with Crippen LogP contribution in [0.1, 0.15) is 44.5 Å². The molecule has 0 aliphatic carbocycles. The van der Waals surface area contributed by atoms with E-state index in [0.717, 1.165) is 22.1 Å². The number of thioether (sulfide) groups is 3. The van der Waals surface area contributed by atoms with E-state index in [1.54, 1.807) is 60.8 Å². The molecule has 9 rings (SSSR count). The topological polar surface area (TPSA) is 348 Å². The van der Waals surface area contributed by atoms with Crippen molar-refractivity contribution in [2.24, 2.45) is 0 Å². The van der Waals surface area contributed by atoms with Gasteiger partial charge in [-0.1, -0.05) is 73.9 Å². The Bertz CT molecular complexity index is 3280. The maximum absolute atomic E-state index is 12.1. The van der Waals surface area contributed by atoms with Crippen molar-refractivity contribution in [3.63, 3.8) is 0 Å². The molecular weight excluding hydrogens is 1120 g/mol. The minimum absolute atomic E-state index is 0.0160. The zero-order valence-electron chi connectivity index (χ0n) is 41.6. The molecule has 3 aliphatic heterocycles. The number of rotatable bonds is 17. The number of carbonyl (C=O) groups is 2. The molecule has 6 atom stereocenters. The summed E-state index contributed by atoms with van der Waals surface area (Å²) in [6, 6.07) is 25.6. The van der Waals surface area contributed by atoms with Gasteiger partial charge in [0.1, 0.15) is 44.9 Å². The molecule has 0 radical (unpaired) electrons. The summed E-state index contributed by atoms with van der Waals surface area (Å²) in [7, 11) is -7.96. The van der Waals surface area contributed by atoms with Crippen molar-refractivity contribution in [2.45, 2.75) is 63.0 Å². The molecule has 3 aliphatic rings. The normalized spacial score (nSPS) is 20.0. The van der Waals surface area contributed by atoms with Crippen molar-refractivity contribution in [3.8, 4) is 0 Å². The third-order valence-electron chi connectivity index (χ3n) is 10.8. The second-order valence-corrected chi connectivity index (χ2v) is 23.8. The Morgan fingerprint density at radius 3 is 1.42 bits per heavy atom. The number of aliphatic hydroxyl groups excluding tert-OH is 2. The third-order valence-corrected chi connectivity index (χ3v) is 17.0. The highest BCUT2D eigenvalue weighted by molar-refractivity contribution is 8.00. The summed E-state index contributed by atoms with van der Waals surface area (Å²) in [5, 5.41) is 19.7. The number of nitrogens with two attached hydrogens (primary N) is 2. The Morgan fingerprint density at radius 1 is 0.615 bits per heavy atom. The number of amides is 1. The molecule has 0 saturated carbocycles. The fourth-order valence-corrected chi connectivity index (χ4v) is 11.7. The van der Waals surface area contributed by atoms with Gasteiger partial charge in [-0.15, -0.1) is 44.5 Å². The standard InChI is InChI=1S/C17H17N3O5S.2C15H17N3O6S2/c1-11(21)18-13-7-8-20(17(23)19-13)14-9-24-15(26-14)10-25-16(22)12-5-3-2-4-6-12;2*1-10-2-4-11(5-3-10)26(21,22)24-17-12-6-7-18(15(20)16-12)13-9-23-14(8-19)25-13/h2-8,14-15H,9-10H2,1H3,(H,18,19,21,23);2*2-7,13-14,19H,8-9H2,1H3,(H,16,17,20)/p+2/t;2*13-,14-/m.10/s1. The number of nitrogens with one attached hydrogen (secondary N) is 1. The summed E-state index contributed by atoms with van der Waals surface area (Å²) in [4.78, 5) is 70.8. The van der Waals surface area contributed by atoms with Crippen molar-refractivity contribution in [2.75, 3.05) is 45.0 Å². The Hall–Kier alpha value is -6.17. The molecule has 0 bridgehead atoms. The maximum atomic E-state index is 12.1. The fraction of sp³-hybridized carbons (Fsp3) is 0.319. The number of hydrogen-bond acceptors (Lipinski definition) is 23. The summed E-state index contributed by atoms with van der Waals surface area (Å²) in [6.07, 6.45) is 4.54. The van der Waals surface area contributed by atoms with Crippen molar-refractivity contribution in [3.05, 3.63) is 164 Å². The lowest BCUT2D eigenvalue weighted by atomic mass is 10.2. The zero-order chi connectivity index (χ0) is 56.0. The van der Waals surface area contributed by atoms with Gasteiger partial charge in [-0.25, -0.2) is 19.2 Å². The molecule has 3 saturated heterocycles. The number of benzene rings is 3. The van der Waals surface area contributed by atoms with E-state index in [-0.39, 0.29) is 98.6 Å². The first-order valence-electron chi connectivity index (χ1n) is 23.3. The molecule has 6 heterocycles. The second kappa shape index (κ2) is 27.6. The van der Waals surface area contributed by atoms with E-state index in [0.29, 0.717) is 12.2 Å². The third kappa shape index (κ3) is 16.7. The highest BCUT2D eigenvalue weighted by Gasteiger charge is 2.32. The van der Waals surface area contributed by atoms with Crippen LogP contribution < -0.4 is 33.3 Å². The van der Waals surface area contributed by atoms with Gasteiger partial charge in [-0.2, -0.15) is 21.8 Å². The Labute approximate surface area is 458 Å². The Morgan fingerprint density at radius 2 is 1.03 bits per heavy atom. The number of nitrogens with zero attached hydrogens (tertiary/aromatic N) is 6. The molecule has 26 nitrogen and oxygen atoms in total. The van der Waals surface area contributed by atoms with E-state index in [1.165, 1.54) is 105 Å². The highest BCUT2D eigenvalue weighted by Crippen LogP contribution is 2.36. The molecule has 3 fully saturated rings. The van der Waals surface area contributed by atoms with E-state index in [2.05, 4.69) is 20.3 Å². The van der Waals surface area contributed by atoms with Crippen LogP contribution in [-0.4, -0.2) is 124 Å². The average Bonchev–Trinajstić information content (AvgIpc) is 4.24. The number of anilines is 1. The molecule has 3 aromatic carbocycles. The number of hydrogen-bond donors (Lipinski definition) is 5. The summed E-state index contributed by atoms with van der Waals surface area (Å²) in [5.41, 5.74) is 1.46. The predicted octanol–water partition coefficient (Wildman–Crippen LogP) is 0.942. The van der Waals surface area contributed by atoms with Gasteiger partial charge in [0, 0.05) is 37.6 Å². The molecule has 6 aromatic rings. The Kier molecular flexibility index (Phi) is 21.1. The van der Waals surface area contributed by atoms with Crippen molar-refractivity contribution < 1.29 is 75.1 Å². The average molecular weight is 1180 g/mol. The SMILES string of the molecule is CC(=O)Nc1ccn(C2COC(COC(=O)c3ccccc3)S2)c(=O)n1.Cc1ccc(S(=O)(=O)O[NH2+]c2ccn([C@@H]3CO[C@H](CO)S3)c(=O)n2)cc1.Cc1ccc(S(=O)(=O)O[NH2+]c2ccn([C@H]3CO[C@@H](CO)S3)c(=O)n2)cc1. The minimum atomic E-state index is -3.98. The van der Waals surface area contributed by atoms with Gasteiger partial charge in [0.05, 0.1) is 48.4 Å². The monoisotopic (exact) mass is 1180 g/mol. The van der Waals surface area contributed by atoms with E-state index >= 15 is 0 Å². The summed E-state index contributed by atoms with van der Waals surface area (Å²) < 4.78 is 83.9. The van der Waals surface area contributed by atoms with Crippen LogP contribution in [0.25, 0.3) is 0 Å². The summed E-state index contributed by atoms with van der Waals surface area (Å²) in [6.45, 7) is 5.69. The van der Waals surface area contributed by atoms with Crippen LogP contribution >= 0.6 is 35.3 Å². The fourth-order valence-electron chi connectivity index (χ4n) is 6.90. The molecule has 416 valence electrons. The molecule has 2 unspecified atom stereocenters. The van der Waals surface area contributed by atoms with E-state index < -0.39 is 43.3 Å². The van der Waals surface area contributed by atoms with Gasteiger partial charge >= 0.3 is 43.3 Å². The van der Waals surface area contributed by atoms with Crippen LogP contribution in [0.5, 0.6) is 0 Å². The lowest BCUT2D eigenvalue weighted by Crippen LogP contribution is -2.78. The van der Waals surface area contributed by atoms with Gasteiger partial charge in [-0.3, -0.25) is 18.5 Å². The lowest BCUT2D eigenvalue weighted by molar-refractivity contribution is -0.797. The van der Waals surface area contributed by atoms with Crippen LogP contribution in [0.2, 0.25) is 0 Å². The van der Waals surface area contributed by atoms with Gasteiger partial charge in [0.15, 0.2) is 0 Å². The van der Waals surface area contributed by atoms with Crippen molar-refractivity contribution >= 4 is 84.9 Å². The number of aliphatic hydroxyl groups is 2. The Balaban J connectivity index is 0.000000170. The van der Waals surface area contributed by atoms with Crippen LogP contribution in [0.4, 0.5) is 17.5 Å². The van der Waals surface area contributed by atoms with Crippen molar-refractivity contribution in [1.82, 2.24) is 28.7 Å². The van der Waals surface area contributed by atoms with E-state index in [9.17, 15) is 40.8 Å². The molecule has 31 heteroatoms. The van der Waals surface area contributed by atoms with E-state index in [4.69, 9.17) is 37.7 Å². The highest BCUT2D eigenvalue weighted by atomic mass is 32.2. The number of quaternary nitrogens is 2. The zero-order valence-corrected chi connectivity index (χ0v) is 45.7. The van der Waals surface area contributed by atoms with E-state index in [1.807, 2.05) is 19.9 Å². The first-order chi connectivity index (χ1) is 37.3. The number of aryl methyl sites for hydroxylation is 2. The van der Waals surface area contributed by atoms with Gasteiger partial charge < -0.3 is 34.5 Å². The largest absolute Gasteiger partial charge is 0.458 e. The van der Waals surface area contributed by atoms with Crippen LogP contribution in [0.3, 0.4) is 0 Å². The molecular formula is C47H53N9O17S5+2. The number of carbonyl (C=O) groups excluding carboxylic acids is 2. The molecule has 0 spiro atoms. The second-order valence-electron chi connectivity index (χ2n) is 16.6. The first-order valence-corrected chi connectivity index (χ1v) is 28.9. The molecule has 1 amide bonds. The molecule has 7 N–H and O–H groups in total. The number of esters is 1. The van der Waals surface area contributed by atoms with Crippen LogP contribution in [0, 0.1) is 13.8 Å². The van der Waals surface area contributed by atoms with Crippen LogP contribution in [-0.2, 0) is 52.5 Å². The number of aromatic nitrogens is 6. The van der Waals surface area contributed by atoms with Gasteiger partial charge in [0.25, 0.3) is 11.6 Å². The molecule has 3 aromatic heterocycles. The lowest BCUT2D eigenvalue weighted by Gasteiger charge is -2.12. The van der Waals surface area contributed by atoms with Crippen LogP contribution in [0.15, 0.2) is 140 Å². The number of ether oxygens (including phenoxy) is 4. The quantitative estimate of drug-likeness (QED) is 0.0627.